The van der Waals surface area contributed by atoms with E-state index < -0.39 is 15.9 Å². The fourth-order valence-corrected chi connectivity index (χ4v) is 7.28. The minimum absolute atomic E-state index is 0.123. The average molecular weight is 555 g/mol. The molecule has 0 aliphatic carbocycles. The van der Waals surface area contributed by atoms with Crippen molar-refractivity contribution in [3.05, 3.63) is 81.7 Å². The lowest BCUT2D eigenvalue weighted by molar-refractivity contribution is 0.0962. The van der Waals surface area contributed by atoms with Crippen LogP contribution in [0, 0.1) is 0 Å². The van der Waals surface area contributed by atoms with Crippen LogP contribution in [0.3, 0.4) is 0 Å². The van der Waals surface area contributed by atoms with E-state index in [1.807, 2.05) is 30.3 Å². The molecule has 4 rings (SSSR count). The van der Waals surface area contributed by atoms with Gasteiger partial charge in [0.25, 0.3) is 11.8 Å². The molecule has 0 bridgehead atoms. The standard InChI is InChI=1S/C28H34N4O4S2/c1-5-32(17-20-9-7-6-8-10-20)38(35,36)22-13-11-21(12-14-22)26(33)30-28-25(27(34)29-4)23-15-16-31(19(2)3)18-24(23)37-28/h6-14,19H,5,15-18H2,1-4H3,(H,29,34)(H,30,33). The van der Waals surface area contributed by atoms with Crippen LogP contribution in [-0.2, 0) is 29.5 Å². The largest absolute Gasteiger partial charge is 0.355 e. The normalized spacial score (nSPS) is 13.9. The van der Waals surface area contributed by atoms with Crippen molar-refractivity contribution < 1.29 is 18.0 Å². The van der Waals surface area contributed by atoms with Gasteiger partial charge in [-0.1, -0.05) is 37.3 Å². The highest BCUT2D eigenvalue weighted by molar-refractivity contribution is 7.89. The molecule has 202 valence electrons. The van der Waals surface area contributed by atoms with E-state index >= 15 is 0 Å². The van der Waals surface area contributed by atoms with Crippen LogP contribution in [0.15, 0.2) is 59.5 Å². The molecule has 10 heteroatoms. The number of fused-ring (bicyclic) bond motifs is 1. The Bertz CT molecular complexity index is 1400. The lowest BCUT2D eigenvalue weighted by atomic mass is 10.0. The first kappa shape index (κ1) is 28.0. The lowest BCUT2D eigenvalue weighted by Crippen LogP contribution is -2.35. The summed E-state index contributed by atoms with van der Waals surface area (Å²) in [5, 5.41) is 6.12. The first-order valence-electron chi connectivity index (χ1n) is 12.7. The summed E-state index contributed by atoms with van der Waals surface area (Å²) in [5.74, 6) is -0.620. The van der Waals surface area contributed by atoms with Crippen molar-refractivity contribution in [1.82, 2.24) is 14.5 Å². The van der Waals surface area contributed by atoms with Gasteiger partial charge < -0.3 is 10.6 Å². The fourth-order valence-electron chi connectivity index (χ4n) is 4.57. The van der Waals surface area contributed by atoms with Crippen LogP contribution < -0.4 is 10.6 Å². The van der Waals surface area contributed by atoms with Crippen LogP contribution in [0.1, 0.15) is 57.5 Å². The number of sulfonamides is 1. The quantitative estimate of drug-likeness (QED) is 0.410. The number of amides is 2. The zero-order valence-corrected chi connectivity index (χ0v) is 23.8. The van der Waals surface area contributed by atoms with Gasteiger partial charge in [-0.3, -0.25) is 14.5 Å². The fraction of sp³-hybridized carbons (Fsp3) is 0.357. The van der Waals surface area contributed by atoms with E-state index in [9.17, 15) is 18.0 Å². The van der Waals surface area contributed by atoms with Crippen LogP contribution in [0.2, 0.25) is 0 Å². The van der Waals surface area contributed by atoms with Gasteiger partial charge in [-0.05, 0) is 55.7 Å². The molecule has 2 N–H and O–H groups in total. The monoisotopic (exact) mass is 554 g/mol. The van der Waals surface area contributed by atoms with Crippen molar-refractivity contribution in [2.45, 2.75) is 51.2 Å². The molecule has 2 heterocycles. The molecule has 0 radical (unpaired) electrons. The molecule has 2 aromatic carbocycles. The van der Waals surface area contributed by atoms with Crippen molar-refractivity contribution in [3.8, 4) is 0 Å². The number of benzene rings is 2. The smallest absolute Gasteiger partial charge is 0.256 e. The number of nitrogens with one attached hydrogen (secondary N) is 2. The lowest BCUT2D eigenvalue weighted by Gasteiger charge is -2.30. The zero-order chi connectivity index (χ0) is 27.4. The molecular formula is C28H34N4O4S2. The second-order valence-corrected chi connectivity index (χ2v) is 12.5. The number of anilines is 1. The second-order valence-electron chi connectivity index (χ2n) is 9.50. The summed E-state index contributed by atoms with van der Waals surface area (Å²) >= 11 is 1.43. The third-order valence-corrected chi connectivity index (χ3v) is 9.87. The highest BCUT2D eigenvalue weighted by atomic mass is 32.2. The van der Waals surface area contributed by atoms with E-state index in [-0.39, 0.29) is 17.3 Å². The Labute approximate surface area is 228 Å². The van der Waals surface area contributed by atoms with E-state index in [1.165, 1.54) is 39.9 Å². The van der Waals surface area contributed by atoms with E-state index in [4.69, 9.17) is 0 Å². The van der Waals surface area contributed by atoms with Crippen molar-refractivity contribution in [3.63, 3.8) is 0 Å². The number of carbonyl (C=O) groups is 2. The highest BCUT2D eigenvalue weighted by Crippen LogP contribution is 2.38. The molecule has 0 saturated carbocycles. The van der Waals surface area contributed by atoms with E-state index in [2.05, 4.69) is 29.4 Å². The zero-order valence-electron chi connectivity index (χ0n) is 22.2. The molecule has 1 aromatic heterocycles. The van der Waals surface area contributed by atoms with Crippen molar-refractivity contribution in [2.24, 2.45) is 0 Å². The summed E-state index contributed by atoms with van der Waals surface area (Å²) in [5.41, 5.74) is 2.72. The molecule has 38 heavy (non-hydrogen) atoms. The molecule has 3 aromatic rings. The summed E-state index contributed by atoms with van der Waals surface area (Å²) in [6, 6.07) is 15.7. The molecular weight excluding hydrogens is 520 g/mol. The van der Waals surface area contributed by atoms with Gasteiger partial charge in [-0.15, -0.1) is 11.3 Å². The number of hydrogen-bond donors (Lipinski definition) is 2. The number of hydrogen-bond acceptors (Lipinski definition) is 6. The van der Waals surface area contributed by atoms with Gasteiger partial charge in [-0.2, -0.15) is 4.31 Å². The Balaban J connectivity index is 1.54. The third kappa shape index (κ3) is 5.83. The minimum Gasteiger partial charge on any atom is -0.355 e. The summed E-state index contributed by atoms with van der Waals surface area (Å²) in [7, 11) is -2.16. The maximum absolute atomic E-state index is 13.3. The Kier molecular flexibility index (Phi) is 8.67. The number of nitrogens with zero attached hydrogens (tertiary/aromatic N) is 2. The average Bonchev–Trinajstić information content (AvgIpc) is 3.28. The van der Waals surface area contributed by atoms with E-state index in [0.717, 1.165) is 35.5 Å². The third-order valence-electron chi connectivity index (χ3n) is 6.81. The van der Waals surface area contributed by atoms with Gasteiger partial charge in [0.2, 0.25) is 10.0 Å². The summed E-state index contributed by atoms with van der Waals surface area (Å²) in [6.07, 6.45) is 0.742. The molecule has 1 aliphatic heterocycles. The maximum Gasteiger partial charge on any atom is 0.256 e. The molecule has 0 spiro atoms. The molecule has 0 unspecified atom stereocenters. The van der Waals surface area contributed by atoms with Crippen LogP contribution >= 0.6 is 11.3 Å². The minimum atomic E-state index is -3.74. The first-order valence-corrected chi connectivity index (χ1v) is 15.0. The Morgan fingerprint density at radius 1 is 1.05 bits per heavy atom. The van der Waals surface area contributed by atoms with Crippen LogP contribution in [0.4, 0.5) is 5.00 Å². The molecule has 0 fully saturated rings. The van der Waals surface area contributed by atoms with Crippen LogP contribution in [0.5, 0.6) is 0 Å². The number of carbonyl (C=O) groups excluding carboxylic acids is 2. The summed E-state index contributed by atoms with van der Waals surface area (Å²) in [6.45, 7) is 8.26. The molecule has 1 aliphatic rings. The molecule has 8 nitrogen and oxygen atoms in total. The van der Waals surface area contributed by atoms with Gasteiger partial charge in [0, 0.05) is 49.7 Å². The maximum atomic E-state index is 13.3. The number of rotatable bonds is 9. The Morgan fingerprint density at radius 2 is 1.74 bits per heavy atom. The van der Waals surface area contributed by atoms with Gasteiger partial charge in [0.05, 0.1) is 10.5 Å². The van der Waals surface area contributed by atoms with Crippen LogP contribution in [-0.4, -0.2) is 55.6 Å². The van der Waals surface area contributed by atoms with Crippen molar-refractivity contribution >= 4 is 38.2 Å². The van der Waals surface area contributed by atoms with Crippen molar-refractivity contribution in [1.29, 1.82) is 0 Å². The van der Waals surface area contributed by atoms with Gasteiger partial charge in [0.15, 0.2) is 0 Å². The Hall–Kier alpha value is -3.05. The highest BCUT2D eigenvalue weighted by Gasteiger charge is 2.29. The summed E-state index contributed by atoms with van der Waals surface area (Å²) in [4.78, 5) is 29.4. The molecule has 2 amide bonds. The predicted octanol–water partition coefficient (Wildman–Crippen LogP) is 4.34. The van der Waals surface area contributed by atoms with Crippen LogP contribution in [0.25, 0.3) is 0 Å². The number of thiophene rings is 1. The van der Waals surface area contributed by atoms with Gasteiger partial charge in [0.1, 0.15) is 5.00 Å². The SMILES string of the molecule is CCN(Cc1ccccc1)S(=O)(=O)c1ccc(C(=O)Nc2sc3c(c2C(=O)NC)CCN(C(C)C)C3)cc1. The molecule has 0 atom stereocenters. The van der Waals surface area contributed by atoms with E-state index in [1.54, 1.807) is 14.0 Å². The second kappa shape index (κ2) is 11.8. The molecule has 0 saturated heterocycles. The topological polar surface area (TPSA) is 98.8 Å². The Morgan fingerprint density at radius 3 is 2.34 bits per heavy atom. The van der Waals surface area contributed by atoms with Gasteiger partial charge in [-0.25, -0.2) is 8.42 Å². The van der Waals surface area contributed by atoms with Crippen molar-refractivity contribution in [2.75, 3.05) is 25.5 Å². The van der Waals surface area contributed by atoms with E-state index in [0.29, 0.717) is 28.7 Å². The van der Waals surface area contributed by atoms with Gasteiger partial charge >= 0.3 is 0 Å². The first-order chi connectivity index (χ1) is 18.1. The predicted molar refractivity (Wildman–Crippen MR) is 151 cm³/mol. The summed E-state index contributed by atoms with van der Waals surface area (Å²) < 4.78 is 27.9.